The van der Waals surface area contributed by atoms with E-state index in [1.165, 1.54) is 0 Å². The van der Waals surface area contributed by atoms with E-state index in [0.717, 1.165) is 17.7 Å². The van der Waals surface area contributed by atoms with E-state index in [9.17, 15) is 4.79 Å². The van der Waals surface area contributed by atoms with Crippen molar-refractivity contribution in [2.45, 2.75) is 0 Å². The summed E-state index contributed by atoms with van der Waals surface area (Å²) in [5.74, 6) is 1.53. The van der Waals surface area contributed by atoms with Crippen molar-refractivity contribution in [1.29, 1.82) is 0 Å². The molecule has 0 radical (unpaired) electrons. The van der Waals surface area contributed by atoms with E-state index in [-0.39, 0.29) is 12.5 Å². The number of aromatic amines is 1. The number of benzene rings is 2. The third kappa shape index (κ3) is 5.99. The van der Waals surface area contributed by atoms with Crippen LogP contribution in [0.15, 0.2) is 54.9 Å². The van der Waals surface area contributed by atoms with Crippen molar-refractivity contribution in [3.05, 3.63) is 54.9 Å². The van der Waals surface area contributed by atoms with Gasteiger partial charge in [-0.05, 0) is 43.9 Å². The van der Waals surface area contributed by atoms with Crippen LogP contribution >= 0.6 is 0 Å². The molecule has 8 nitrogen and oxygen atoms in total. The molecule has 1 heterocycles. The lowest BCUT2D eigenvalue weighted by atomic mass is 10.1. The standard InChI is InChI=1S/C22H26N4O4/c1-26(2)9-10-29-21-11-16(17-13-23-24-14-17)7-8-20(21)25-22(27)15-30-19-6-4-5-18(12-19)28-3/h4-8,11-14H,9-10,15H2,1-3H3,(H,23,24)(H,25,27). The Kier molecular flexibility index (Phi) is 7.29. The average molecular weight is 410 g/mol. The van der Waals surface area contributed by atoms with Crippen LogP contribution in [0.5, 0.6) is 17.2 Å². The van der Waals surface area contributed by atoms with Gasteiger partial charge in [0.15, 0.2) is 6.61 Å². The summed E-state index contributed by atoms with van der Waals surface area (Å²) in [6.45, 7) is 1.11. The third-order valence-electron chi connectivity index (χ3n) is 4.29. The number of rotatable bonds is 10. The van der Waals surface area contributed by atoms with Crippen LogP contribution in [0.1, 0.15) is 0 Å². The number of amides is 1. The Labute approximate surface area is 175 Å². The van der Waals surface area contributed by atoms with E-state index in [1.54, 1.807) is 37.7 Å². The number of anilines is 1. The van der Waals surface area contributed by atoms with Gasteiger partial charge in [0.05, 0.1) is 19.0 Å². The minimum absolute atomic E-state index is 0.131. The van der Waals surface area contributed by atoms with Crippen molar-refractivity contribution < 1.29 is 19.0 Å². The number of nitrogens with one attached hydrogen (secondary N) is 2. The van der Waals surface area contributed by atoms with Gasteiger partial charge in [-0.3, -0.25) is 9.89 Å². The van der Waals surface area contributed by atoms with Crippen molar-refractivity contribution >= 4 is 11.6 Å². The fourth-order valence-electron chi connectivity index (χ4n) is 2.70. The molecule has 2 aromatic carbocycles. The van der Waals surface area contributed by atoms with Gasteiger partial charge in [-0.25, -0.2) is 0 Å². The molecule has 3 aromatic rings. The molecule has 0 fully saturated rings. The molecule has 0 aliphatic heterocycles. The summed E-state index contributed by atoms with van der Waals surface area (Å²) < 4.78 is 16.7. The van der Waals surface area contributed by atoms with Gasteiger partial charge < -0.3 is 24.4 Å². The summed E-state index contributed by atoms with van der Waals surface area (Å²) in [7, 11) is 5.53. The topological polar surface area (TPSA) is 88.7 Å². The molecule has 1 aromatic heterocycles. The predicted molar refractivity (Wildman–Crippen MR) is 115 cm³/mol. The van der Waals surface area contributed by atoms with Crippen LogP contribution < -0.4 is 19.5 Å². The Morgan fingerprint density at radius 1 is 1.10 bits per heavy atom. The molecule has 8 heteroatoms. The highest BCUT2D eigenvalue weighted by Gasteiger charge is 2.12. The van der Waals surface area contributed by atoms with Gasteiger partial charge >= 0.3 is 0 Å². The second-order valence-electron chi connectivity index (χ2n) is 6.87. The SMILES string of the molecule is COc1cccc(OCC(=O)Nc2ccc(-c3cn[nH]c3)cc2OCCN(C)C)c1. The third-order valence-corrected chi connectivity index (χ3v) is 4.29. The van der Waals surface area contributed by atoms with Gasteiger partial charge in [-0.2, -0.15) is 5.10 Å². The fourth-order valence-corrected chi connectivity index (χ4v) is 2.70. The van der Waals surface area contributed by atoms with Gasteiger partial charge in [-0.1, -0.05) is 12.1 Å². The maximum absolute atomic E-state index is 12.4. The molecule has 0 saturated carbocycles. The molecule has 1 amide bonds. The number of carbonyl (C=O) groups is 1. The number of carbonyl (C=O) groups excluding carboxylic acids is 1. The molecule has 30 heavy (non-hydrogen) atoms. The van der Waals surface area contributed by atoms with E-state index in [4.69, 9.17) is 14.2 Å². The summed E-state index contributed by atoms with van der Waals surface area (Å²) in [6.07, 6.45) is 3.54. The maximum atomic E-state index is 12.4. The van der Waals surface area contributed by atoms with Gasteiger partial charge in [0.1, 0.15) is 23.9 Å². The van der Waals surface area contributed by atoms with E-state index < -0.39 is 0 Å². The quantitative estimate of drug-likeness (QED) is 0.534. The summed E-state index contributed by atoms with van der Waals surface area (Å²) in [6, 6.07) is 12.7. The Balaban J connectivity index is 1.68. The Morgan fingerprint density at radius 3 is 2.67 bits per heavy atom. The second-order valence-corrected chi connectivity index (χ2v) is 6.87. The zero-order valence-electron chi connectivity index (χ0n) is 17.3. The lowest BCUT2D eigenvalue weighted by Gasteiger charge is -2.16. The van der Waals surface area contributed by atoms with E-state index in [1.807, 2.05) is 43.3 Å². The molecule has 158 valence electrons. The highest BCUT2D eigenvalue weighted by atomic mass is 16.5. The molecule has 3 rings (SSSR count). The second kappa shape index (κ2) is 10.3. The molecule has 0 saturated heterocycles. The number of H-pyrrole nitrogens is 1. The molecule has 0 unspecified atom stereocenters. The van der Waals surface area contributed by atoms with Crippen molar-refractivity contribution in [3.8, 4) is 28.4 Å². The number of methoxy groups -OCH3 is 1. The summed E-state index contributed by atoms with van der Waals surface area (Å²) in [5, 5.41) is 9.65. The number of aromatic nitrogens is 2. The van der Waals surface area contributed by atoms with Crippen molar-refractivity contribution in [2.24, 2.45) is 0 Å². The number of hydrogen-bond donors (Lipinski definition) is 2. The first-order valence-corrected chi connectivity index (χ1v) is 9.52. The zero-order chi connectivity index (χ0) is 21.3. The molecule has 0 spiro atoms. The highest BCUT2D eigenvalue weighted by molar-refractivity contribution is 5.93. The Morgan fingerprint density at radius 2 is 1.93 bits per heavy atom. The van der Waals surface area contributed by atoms with Gasteiger partial charge in [0, 0.05) is 24.4 Å². The fraction of sp³-hybridized carbons (Fsp3) is 0.273. The molecular formula is C22H26N4O4. The Hall–Kier alpha value is -3.52. The van der Waals surface area contributed by atoms with Gasteiger partial charge in [0.2, 0.25) is 0 Å². The van der Waals surface area contributed by atoms with Gasteiger partial charge in [0.25, 0.3) is 5.91 Å². The number of nitrogens with zero attached hydrogens (tertiary/aromatic N) is 2. The molecule has 0 atom stereocenters. The van der Waals surface area contributed by atoms with Crippen LogP contribution in [0, 0.1) is 0 Å². The van der Waals surface area contributed by atoms with Crippen LogP contribution in [-0.4, -0.2) is 62.0 Å². The molecule has 0 bridgehead atoms. The molecule has 2 N–H and O–H groups in total. The number of likely N-dealkylation sites (N-methyl/N-ethyl adjacent to an activating group) is 1. The van der Waals surface area contributed by atoms with Crippen LogP contribution in [0.3, 0.4) is 0 Å². The first kappa shape index (κ1) is 21.2. The van der Waals surface area contributed by atoms with E-state index >= 15 is 0 Å². The van der Waals surface area contributed by atoms with Crippen LogP contribution in [0.2, 0.25) is 0 Å². The van der Waals surface area contributed by atoms with E-state index in [0.29, 0.717) is 29.5 Å². The Bertz CT molecular complexity index is 958. The van der Waals surface area contributed by atoms with E-state index in [2.05, 4.69) is 15.5 Å². The summed E-state index contributed by atoms with van der Waals surface area (Å²) >= 11 is 0. The normalized spacial score (nSPS) is 10.7. The smallest absolute Gasteiger partial charge is 0.262 e. The number of ether oxygens (including phenoxy) is 3. The average Bonchev–Trinajstić information content (AvgIpc) is 3.28. The summed E-state index contributed by atoms with van der Waals surface area (Å²) in [5.41, 5.74) is 2.46. The van der Waals surface area contributed by atoms with Crippen molar-refractivity contribution in [3.63, 3.8) is 0 Å². The maximum Gasteiger partial charge on any atom is 0.262 e. The van der Waals surface area contributed by atoms with Gasteiger partial charge in [-0.15, -0.1) is 0 Å². The predicted octanol–water partition coefficient (Wildman–Crippen LogP) is 3.04. The summed E-state index contributed by atoms with van der Waals surface area (Å²) in [4.78, 5) is 14.5. The minimum atomic E-state index is -0.286. The molecule has 0 aliphatic carbocycles. The molecule has 0 aliphatic rings. The largest absolute Gasteiger partial charge is 0.497 e. The lowest BCUT2D eigenvalue weighted by molar-refractivity contribution is -0.118. The first-order valence-electron chi connectivity index (χ1n) is 9.52. The van der Waals surface area contributed by atoms with Crippen molar-refractivity contribution in [1.82, 2.24) is 15.1 Å². The van der Waals surface area contributed by atoms with Crippen molar-refractivity contribution in [2.75, 3.05) is 46.3 Å². The highest BCUT2D eigenvalue weighted by Crippen LogP contribution is 2.31. The lowest BCUT2D eigenvalue weighted by Crippen LogP contribution is -2.22. The monoisotopic (exact) mass is 410 g/mol. The first-order chi connectivity index (χ1) is 14.5. The van der Waals surface area contributed by atoms with Crippen LogP contribution in [0.4, 0.5) is 5.69 Å². The number of hydrogen-bond acceptors (Lipinski definition) is 6. The minimum Gasteiger partial charge on any atom is -0.497 e. The zero-order valence-corrected chi connectivity index (χ0v) is 17.3. The van der Waals surface area contributed by atoms with Crippen LogP contribution in [-0.2, 0) is 4.79 Å². The molecular weight excluding hydrogens is 384 g/mol. The van der Waals surface area contributed by atoms with Crippen LogP contribution in [0.25, 0.3) is 11.1 Å².